The van der Waals surface area contributed by atoms with Gasteiger partial charge in [-0.25, -0.2) is 0 Å². The van der Waals surface area contributed by atoms with Crippen LogP contribution in [-0.4, -0.2) is 10.8 Å². The van der Waals surface area contributed by atoms with Gasteiger partial charge < -0.3 is 0 Å². The molecule has 0 aliphatic rings. The lowest BCUT2D eigenvalue weighted by Gasteiger charge is -2.07. The molecular formula is C18H13NO. The van der Waals surface area contributed by atoms with Crippen LogP contribution in [0.4, 0.5) is 0 Å². The Kier molecular flexibility index (Phi) is 3.38. The van der Waals surface area contributed by atoms with Crippen molar-refractivity contribution in [2.75, 3.05) is 0 Å². The van der Waals surface area contributed by atoms with Gasteiger partial charge in [0.05, 0.1) is 0 Å². The van der Waals surface area contributed by atoms with Crippen molar-refractivity contribution >= 4 is 5.78 Å². The first-order valence-electron chi connectivity index (χ1n) is 6.46. The molecule has 1 heterocycles. The number of carbonyl (C=O) groups excluding carboxylic acids is 1. The minimum Gasteiger partial charge on any atom is -0.287 e. The van der Waals surface area contributed by atoms with Crippen LogP contribution in [0, 0.1) is 0 Å². The Hall–Kier alpha value is -2.74. The Labute approximate surface area is 117 Å². The van der Waals surface area contributed by atoms with Crippen molar-refractivity contribution in [1.29, 1.82) is 0 Å². The SMILES string of the molecule is O=C(c1ccccc1)c1ncccc1-c1ccccc1. The molecule has 0 aliphatic carbocycles. The molecule has 0 saturated carbocycles. The van der Waals surface area contributed by atoms with Crippen LogP contribution < -0.4 is 0 Å². The number of nitrogens with zero attached hydrogens (tertiary/aromatic N) is 1. The van der Waals surface area contributed by atoms with E-state index < -0.39 is 0 Å². The molecule has 0 bridgehead atoms. The zero-order valence-electron chi connectivity index (χ0n) is 10.9. The van der Waals surface area contributed by atoms with E-state index in [1.165, 1.54) is 0 Å². The summed E-state index contributed by atoms with van der Waals surface area (Å²) in [5, 5.41) is 0. The summed E-state index contributed by atoms with van der Waals surface area (Å²) in [6, 6.07) is 22.9. The van der Waals surface area contributed by atoms with Gasteiger partial charge in [-0.3, -0.25) is 9.78 Å². The number of hydrogen-bond donors (Lipinski definition) is 0. The fraction of sp³-hybridized carbons (Fsp3) is 0. The Morgan fingerprint density at radius 1 is 0.750 bits per heavy atom. The lowest BCUT2D eigenvalue weighted by Crippen LogP contribution is -2.05. The second-order valence-corrected chi connectivity index (χ2v) is 4.46. The molecule has 20 heavy (non-hydrogen) atoms. The quantitative estimate of drug-likeness (QED) is 0.666. The molecule has 0 fully saturated rings. The Morgan fingerprint density at radius 3 is 2.10 bits per heavy atom. The van der Waals surface area contributed by atoms with Gasteiger partial charge in [-0.05, 0) is 11.6 Å². The molecule has 0 unspecified atom stereocenters. The average Bonchev–Trinajstić information content (AvgIpc) is 2.56. The van der Waals surface area contributed by atoms with Gasteiger partial charge in [0.1, 0.15) is 5.69 Å². The van der Waals surface area contributed by atoms with E-state index in [1.807, 2.05) is 72.8 Å². The Morgan fingerprint density at radius 2 is 1.40 bits per heavy atom. The van der Waals surface area contributed by atoms with E-state index in [0.717, 1.165) is 11.1 Å². The maximum atomic E-state index is 12.6. The summed E-state index contributed by atoms with van der Waals surface area (Å²) in [6.45, 7) is 0. The number of rotatable bonds is 3. The van der Waals surface area contributed by atoms with Gasteiger partial charge in [0.25, 0.3) is 0 Å². The third-order valence-electron chi connectivity index (χ3n) is 3.14. The van der Waals surface area contributed by atoms with Crippen LogP contribution in [0.3, 0.4) is 0 Å². The van der Waals surface area contributed by atoms with E-state index in [2.05, 4.69) is 4.98 Å². The van der Waals surface area contributed by atoms with Crippen LogP contribution in [0.25, 0.3) is 11.1 Å². The second-order valence-electron chi connectivity index (χ2n) is 4.46. The summed E-state index contributed by atoms with van der Waals surface area (Å²) in [5.41, 5.74) is 3.01. The van der Waals surface area contributed by atoms with Crippen LogP contribution in [0.1, 0.15) is 16.1 Å². The number of benzene rings is 2. The van der Waals surface area contributed by atoms with Crippen LogP contribution in [0.2, 0.25) is 0 Å². The third kappa shape index (κ3) is 2.36. The fourth-order valence-electron chi connectivity index (χ4n) is 2.16. The molecule has 2 aromatic carbocycles. The highest BCUT2D eigenvalue weighted by Crippen LogP contribution is 2.23. The number of aromatic nitrogens is 1. The summed E-state index contributed by atoms with van der Waals surface area (Å²) in [5.74, 6) is -0.0509. The van der Waals surface area contributed by atoms with E-state index in [1.54, 1.807) is 6.20 Å². The van der Waals surface area contributed by atoms with Crippen molar-refractivity contribution in [2.45, 2.75) is 0 Å². The van der Waals surface area contributed by atoms with Gasteiger partial charge in [-0.2, -0.15) is 0 Å². The zero-order valence-corrected chi connectivity index (χ0v) is 10.9. The van der Waals surface area contributed by atoms with Crippen LogP contribution >= 0.6 is 0 Å². The monoisotopic (exact) mass is 259 g/mol. The zero-order chi connectivity index (χ0) is 13.8. The first-order valence-corrected chi connectivity index (χ1v) is 6.46. The molecule has 0 aliphatic heterocycles. The third-order valence-corrected chi connectivity index (χ3v) is 3.14. The molecule has 96 valence electrons. The summed E-state index contributed by atoms with van der Waals surface area (Å²) in [7, 11) is 0. The van der Waals surface area contributed by atoms with E-state index in [9.17, 15) is 4.79 Å². The molecule has 3 rings (SSSR count). The summed E-state index contributed by atoms with van der Waals surface area (Å²) < 4.78 is 0. The molecule has 1 aromatic heterocycles. The van der Waals surface area contributed by atoms with Gasteiger partial charge in [0.15, 0.2) is 0 Å². The van der Waals surface area contributed by atoms with Gasteiger partial charge in [-0.15, -0.1) is 0 Å². The highest BCUT2D eigenvalue weighted by molar-refractivity contribution is 6.11. The number of ketones is 1. The van der Waals surface area contributed by atoms with Gasteiger partial charge >= 0.3 is 0 Å². The first kappa shape index (κ1) is 12.3. The van der Waals surface area contributed by atoms with Crippen LogP contribution in [0.5, 0.6) is 0 Å². The highest BCUT2D eigenvalue weighted by atomic mass is 16.1. The van der Waals surface area contributed by atoms with Crippen LogP contribution in [0.15, 0.2) is 79.0 Å². The lowest BCUT2D eigenvalue weighted by molar-refractivity contribution is 0.103. The predicted octanol–water partition coefficient (Wildman–Crippen LogP) is 3.98. The maximum Gasteiger partial charge on any atom is 0.211 e. The maximum absolute atomic E-state index is 12.6. The average molecular weight is 259 g/mol. The second kappa shape index (κ2) is 5.49. The van der Waals surface area contributed by atoms with Crippen molar-refractivity contribution in [2.24, 2.45) is 0 Å². The summed E-state index contributed by atoms with van der Waals surface area (Å²) in [4.78, 5) is 16.9. The van der Waals surface area contributed by atoms with Crippen molar-refractivity contribution in [3.63, 3.8) is 0 Å². The fourth-order valence-corrected chi connectivity index (χ4v) is 2.16. The molecule has 2 nitrogen and oxygen atoms in total. The number of hydrogen-bond acceptors (Lipinski definition) is 2. The molecule has 0 radical (unpaired) electrons. The smallest absolute Gasteiger partial charge is 0.211 e. The van der Waals surface area contributed by atoms with Crippen molar-refractivity contribution in [3.8, 4) is 11.1 Å². The Bertz CT molecular complexity index is 721. The summed E-state index contributed by atoms with van der Waals surface area (Å²) >= 11 is 0. The number of pyridine rings is 1. The molecular weight excluding hydrogens is 246 g/mol. The Balaban J connectivity index is 2.10. The van der Waals surface area contributed by atoms with Crippen LogP contribution in [-0.2, 0) is 0 Å². The predicted molar refractivity (Wildman–Crippen MR) is 79.5 cm³/mol. The number of carbonyl (C=O) groups is 1. The van der Waals surface area contributed by atoms with E-state index in [-0.39, 0.29) is 5.78 Å². The molecule has 0 atom stereocenters. The highest BCUT2D eigenvalue weighted by Gasteiger charge is 2.15. The van der Waals surface area contributed by atoms with Crippen molar-refractivity contribution < 1.29 is 4.79 Å². The van der Waals surface area contributed by atoms with Gasteiger partial charge in [0.2, 0.25) is 5.78 Å². The molecule has 3 aromatic rings. The normalized spacial score (nSPS) is 10.2. The van der Waals surface area contributed by atoms with Gasteiger partial charge in [0, 0.05) is 17.3 Å². The topological polar surface area (TPSA) is 30.0 Å². The van der Waals surface area contributed by atoms with Crippen molar-refractivity contribution in [1.82, 2.24) is 4.98 Å². The largest absolute Gasteiger partial charge is 0.287 e. The molecule has 2 heteroatoms. The van der Waals surface area contributed by atoms with E-state index in [4.69, 9.17) is 0 Å². The first-order chi connectivity index (χ1) is 9.86. The van der Waals surface area contributed by atoms with Crippen molar-refractivity contribution in [3.05, 3.63) is 90.3 Å². The standard InChI is InChI=1S/C18H13NO/c20-18(15-10-5-2-6-11-15)17-16(12-7-13-19-17)14-8-3-1-4-9-14/h1-13H. The van der Waals surface area contributed by atoms with E-state index >= 15 is 0 Å². The molecule has 0 amide bonds. The molecule has 0 saturated heterocycles. The van der Waals surface area contributed by atoms with E-state index in [0.29, 0.717) is 11.3 Å². The molecule has 0 N–H and O–H groups in total. The minimum atomic E-state index is -0.0509. The van der Waals surface area contributed by atoms with Gasteiger partial charge in [-0.1, -0.05) is 66.7 Å². The lowest BCUT2D eigenvalue weighted by atomic mass is 9.99. The summed E-state index contributed by atoms with van der Waals surface area (Å²) in [6.07, 6.45) is 1.66. The molecule has 0 spiro atoms. The minimum absolute atomic E-state index is 0.0509.